The molecule has 0 radical (unpaired) electrons. The third-order valence-corrected chi connectivity index (χ3v) is 2.90. The molecule has 0 aromatic heterocycles. The maximum atomic E-state index is 12.0. The highest BCUT2D eigenvalue weighted by Crippen LogP contribution is 2.17. The van der Waals surface area contributed by atoms with Crippen LogP contribution in [0.3, 0.4) is 0 Å². The van der Waals surface area contributed by atoms with Crippen LogP contribution in [0.15, 0.2) is 33.8 Å². The Morgan fingerprint density at radius 3 is 2.67 bits per heavy atom. The summed E-state index contributed by atoms with van der Waals surface area (Å²) in [7, 11) is 0. The maximum Gasteiger partial charge on any atom is 0.274 e. The maximum absolute atomic E-state index is 12.0. The standard InChI is InChI=1S/C11H11BrN2O/c1-8-6-7-13-14(8)11(15)9-2-4-10(12)5-3-9/h2-5,7-8H,6H2,1H3. The lowest BCUT2D eigenvalue weighted by atomic mass is 10.2. The van der Waals surface area contributed by atoms with Crippen LogP contribution in [0.4, 0.5) is 0 Å². The van der Waals surface area contributed by atoms with Gasteiger partial charge in [0, 0.05) is 22.7 Å². The van der Waals surface area contributed by atoms with Crippen molar-refractivity contribution in [1.82, 2.24) is 5.01 Å². The summed E-state index contributed by atoms with van der Waals surface area (Å²) < 4.78 is 0.969. The average Bonchev–Trinajstić information content (AvgIpc) is 2.65. The Kier molecular flexibility index (Phi) is 2.86. The highest BCUT2D eigenvalue weighted by molar-refractivity contribution is 9.10. The van der Waals surface area contributed by atoms with Crippen LogP contribution in [-0.2, 0) is 0 Å². The normalized spacial score (nSPS) is 19.6. The zero-order valence-corrected chi connectivity index (χ0v) is 9.94. The third-order valence-electron chi connectivity index (χ3n) is 2.37. The predicted octanol–water partition coefficient (Wildman–Crippen LogP) is 2.67. The van der Waals surface area contributed by atoms with E-state index in [1.165, 1.54) is 5.01 Å². The molecular formula is C11H11BrN2O. The van der Waals surface area contributed by atoms with E-state index in [9.17, 15) is 4.79 Å². The van der Waals surface area contributed by atoms with Gasteiger partial charge in [-0.1, -0.05) is 15.9 Å². The van der Waals surface area contributed by atoms with Gasteiger partial charge in [-0.2, -0.15) is 5.10 Å². The Labute approximate surface area is 96.9 Å². The number of rotatable bonds is 1. The molecule has 0 saturated heterocycles. The molecule has 1 atom stereocenters. The van der Waals surface area contributed by atoms with Crippen LogP contribution in [-0.4, -0.2) is 23.2 Å². The zero-order chi connectivity index (χ0) is 10.8. The number of hydrogen-bond donors (Lipinski definition) is 0. The fourth-order valence-corrected chi connectivity index (χ4v) is 1.74. The van der Waals surface area contributed by atoms with Gasteiger partial charge in [0.1, 0.15) is 0 Å². The summed E-state index contributed by atoms with van der Waals surface area (Å²) in [5.41, 5.74) is 0.670. The van der Waals surface area contributed by atoms with Crippen LogP contribution < -0.4 is 0 Å². The monoisotopic (exact) mass is 266 g/mol. The van der Waals surface area contributed by atoms with Crippen molar-refractivity contribution in [3.05, 3.63) is 34.3 Å². The lowest BCUT2D eigenvalue weighted by Crippen LogP contribution is -2.30. The van der Waals surface area contributed by atoms with Gasteiger partial charge in [0.15, 0.2) is 0 Å². The Balaban J connectivity index is 2.21. The summed E-state index contributed by atoms with van der Waals surface area (Å²) in [6.45, 7) is 1.99. The molecule has 0 fully saturated rings. The summed E-state index contributed by atoms with van der Waals surface area (Å²) in [6, 6.07) is 7.48. The molecule has 78 valence electrons. The molecule has 4 heteroatoms. The van der Waals surface area contributed by atoms with E-state index < -0.39 is 0 Å². The van der Waals surface area contributed by atoms with Crippen LogP contribution in [0, 0.1) is 0 Å². The molecule has 0 aliphatic carbocycles. The number of carbonyl (C=O) groups excluding carboxylic acids is 1. The van der Waals surface area contributed by atoms with Gasteiger partial charge in [-0.05, 0) is 31.2 Å². The van der Waals surface area contributed by atoms with Gasteiger partial charge in [-0.3, -0.25) is 4.79 Å². The van der Waals surface area contributed by atoms with Gasteiger partial charge in [-0.25, -0.2) is 5.01 Å². The summed E-state index contributed by atoms with van der Waals surface area (Å²) >= 11 is 3.34. The first-order chi connectivity index (χ1) is 7.18. The number of nitrogens with zero attached hydrogens (tertiary/aromatic N) is 2. The topological polar surface area (TPSA) is 32.7 Å². The van der Waals surface area contributed by atoms with E-state index in [-0.39, 0.29) is 11.9 Å². The first-order valence-electron chi connectivity index (χ1n) is 4.80. The van der Waals surface area contributed by atoms with E-state index in [0.29, 0.717) is 5.56 Å². The average molecular weight is 267 g/mol. The van der Waals surface area contributed by atoms with Gasteiger partial charge in [0.2, 0.25) is 0 Å². The largest absolute Gasteiger partial charge is 0.274 e. The molecule has 2 rings (SSSR count). The first-order valence-corrected chi connectivity index (χ1v) is 5.59. The molecule has 0 spiro atoms. The number of hydrazone groups is 1. The third kappa shape index (κ3) is 2.09. The summed E-state index contributed by atoms with van der Waals surface area (Å²) in [6.07, 6.45) is 2.61. The second-order valence-corrected chi connectivity index (χ2v) is 4.46. The predicted molar refractivity (Wildman–Crippen MR) is 62.9 cm³/mol. The quantitative estimate of drug-likeness (QED) is 0.769. The zero-order valence-electron chi connectivity index (χ0n) is 8.35. The Morgan fingerprint density at radius 2 is 2.13 bits per heavy atom. The van der Waals surface area contributed by atoms with Gasteiger partial charge < -0.3 is 0 Å². The van der Waals surface area contributed by atoms with Gasteiger partial charge in [-0.15, -0.1) is 0 Å². The molecule has 1 aliphatic rings. The minimum absolute atomic E-state index is 0.0382. The van der Waals surface area contributed by atoms with E-state index >= 15 is 0 Å². The van der Waals surface area contributed by atoms with Crippen LogP contribution in [0.2, 0.25) is 0 Å². The van der Waals surface area contributed by atoms with Crippen molar-refractivity contribution in [2.24, 2.45) is 5.10 Å². The highest BCUT2D eigenvalue weighted by Gasteiger charge is 2.23. The van der Waals surface area contributed by atoms with Crippen molar-refractivity contribution in [3.63, 3.8) is 0 Å². The van der Waals surface area contributed by atoms with Crippen molar-refractivity contribution in [2.75, 3.05) is 0 Å². The first kappa shape index (κ1) is 10.4. The molecule has 1 unspecified atom stereocenters. The van der Waals surface area contributed by atoms with Gasteiger partial charge in [0.05, 0.1) is 6.04 Å². The molecule has 1 amide bonds. The second kappa shape index (κ2) is 4.14. The fraction of sp³-hybridized carbons (Fsp3) is 0.273. The van der Waals surface area contributed by atoms with E-state index in [4.69, 9.17) is 0 Å². The summed E-state index contributed by atoms with van der Waals surface area (Å²) in [4.78, 5) is 12.0. The lowest BCUT2D eigenvalue weighted by molar-refractivity contribution is 0.0725. The van der Waals surface area contributed by atoms with E-state index in [1.807, 2.05) is 19.1 Å². The number of amides is 1. The van der Waals surface area contributed by atoms with Gasteiger partial charge in [0.25, 0.3) is 5.91 Å². The number of halogens is 1. The van der Waals surface area contributed by atoms with Crippen molar-refractivity contribution >= 4 is 28.1 Å². The molecule has 1 aliphatic heterocycles. The SMILES string of the molecule is CC1CC=NN1C(=O)c1ccc(Br)cc1. The van der Waals surface area contributed by atoms with Crippen LogP contribution in [0.5, 0.6) is 0 Å². The van der Waals surface area contributed by atoms with Crippen LogP contribution >= 0.6 is 15.9 Å². The lowest BCUT2D eigenvalue weighted by Gasteiger charge is -2.17. The van der Waals surface area contributed by atoms with Crippen LogP contribution in [0.1, 0.15) is 23.7 Å². The fourth-order valence-electron chi connectivity index (χ4n) is 1.48. The van der Waals surface area contributed by atoms with E-state index in [0.717, 1.165) is 10.9 Å². The smallest absolute Gasteiger partial charge is 0.267 e. The highest BCUT2D eigenvalue weighted by atomic mass is 79.9. The molecule has 15 heavy (non-hydrogen) atoms. The van der Waals surface area contributed by atoms with Crippen LogP contribution in [0.25, 0.3) is 0 Å². The summed E-state index contributed by atoms with van der Waals surface area (Å²) in [5.74, 6) is -0.0382. The Hall–Kier alpha value is -1.16. The van der Waals surface area contributed by atoms with Crippen molar-refractivity contribution in [3.8, 4) is 0 Å². The van der Waals surface area contributed by atoms with Crippen molar-refractivity contribution in [2.45, 2.75) is 19.4 Å². The molecule has 0 saturated carbocycles. The second-order valence-electron chi connectivity index (χ2n) is 3.54. The van der Waals surface area contributed by atoms with Crippen molar-refractivity contribution in [1.29, 1.82) is 0 Å². The minimum atomic E-state index is -0.0382. The Bertz CT molecular complexity index is 400. The molecule has 1 aromatic rings. The number of hydrogen-bond acceptors (Lipinski definition) is 2. The number of benzene rings is 1. The van der Waals surface area contributed by atoms with Gasteiger partial charge >= 0.3 is 0 Å². The molecule has 3 nitrogen and oxygen atoms in total. The van der Waals surface area contributed by atoms with E-state index in [1.54, 1.807) is 18.3 Å². The summed E-state index contributed by atoms with van der Waals surface area (Å²) in [5, 5.41) is 5.59. The Morgan fingerprint density at radius 1 is 1.47 bits per heavy atom. The molecule has 0 N–H and O–H groups in total. The van der Waals surface area contributed by atoms with E-state index in [2.05, 4.69) is 21.0 Å². The minimum Gasteiger partial charge on any atom is -0.267 e. The molecule has 1 heterocycles. The molecule has 1 aromatic carbocycles. The number of carbonyl (C=O) groups is 1. The van der Waals surface area contributed by atoms with Crippen molar-refractivity contribution < 1.29 is 4.79 Å². The molecule has 0 bridgehead atoms. The molecular weight excluding hydrogens is 256 g/mol.